The average molecular weight is 266 g/mol. The molecule has 0 bridgehead atoms. The zero-order valence-electron chi connectivity index (χ0n) is 11.8. The van der Waals surface area contributed by atoms with Crippen LogP contribution in [0, 0.1) is 5.92 Å². The van der Waals surface area contributed by atoms with Crippen LogP contribution in [0.25, 0.3) is 0 Å². The van der Waals surface area contributed by atoms with E-state index in [1.807, 2.05) is 0 Å². The summed E-state index contributed by atoms with van der Waals surface area (Å²) in [5, 5.41) is 2.88. The molecular formula is C13H22N4O2. The second-order valence-electron chi connectivity index (χ2n) is 4.79. The Morgan fingerprint density at radius 3 is 2.58 bits per heavy atom. The third kappa shape index (κ3) is 3.45. The second kappa shape index (κ2) is 6.54. The third-order valence-electron chi connectivity index (χ3n) is 3.62. The van der Waals surface area contributed by atoms with E-state index in [0.717, 1.165) is 12.8 Å². The Balaban J connectivity index is 2.12. The molecule has 0 aliphatic heterocycles. The van der Waals surface area contributed by atoms with Crippen molar-refractivity contribution < 1.29 is 9.47 Å². The van der Waals surface area contributed by atoms with Crippen LogP contribution in [0.1, 0.15) is 39.0 Å². The minimum absolute atomic E-state index is 0.204. The standard InChI is InChI=1S/C13H22N4O2/c1-4-9-7-5-6-8-10(9)19-13-16-11(14-2)15-12(17-13)18-3/h9-10H,4-8H2,1-3H3,(H,14,15,16,17). The normalized spacial score (nSPS) is 22.9. The van der Waals surface area contributed by atoms with Crippen LogP contribution in [0.3, 0.4) is 0 Å². The number of hydrogen-bond acceptors (Lipinski definition) is 6. The van der Waals surface area contributed by atoms with Gasteiger partial charge in [-0.25, -0.2) is 0 Å². The van der Waals surface area contributed by atoms with Crippen molar-refractivity contribution in [2.75, 3.05) is 19.5 Å². The Bertz CT molecular complexity index is 391. The van der Waals surface area contributed by atoms with Crippen molar-refractivity contribution >= 4 is 5.95 Å². The van der Waals surface area contributed by atoms with Crippen LogP contribution in [0.4, 0.5) is 5.95 Å². The van der Waals surface area contributed by atoms with E-state index in [1.54, 1.807) is 7.05 Å². The molecule has 1 N–H and O–H groups in total. The molecule has 0 aromatic carbocycles. The van der Waals surface area contributed by atoms with Gasteiger partial charge in [0.1, 0.15) is 6.10 Å². The molecule has 2 unspecified atom stereocenters. The number of hydrogen-bond donors (Lipinski definition) is 1. The predicted molar refractivity (Wildman–Crippen MR) is 72.6 cm³/mol. The van der Waals surface area contributed by atoms with Gasteiger partial charge in [-0.3, -0.25) is 0 Å². The molecular weight excluding hydrogens is 244 g/mol. The van der Waals surface area contributed by atoms with Crippen molar-refractivity contribution in [2.24, 2.45) is 5.92 Å². The highest BCUT2D eigenvalue weighted by Crippen LogP contribution is 2.29. The lowest BCUT2D eigenvalue weighted by atomic mass is 9.85. The van der Waals surface area contributed by atoms with Crippen molar-refractivity contribution in [2.45, 2.75) is 45.1 Å². The molecule has 1 aliphatic rings. The first-order valence-electron chi connectivity index (χ1n) is 6.91. The van der Waals surface area contributed by atoms with Crippen LogP contribution in [0.2, 0.25) is 0 Å². The van der Waals surface area contributed by atoms with Crippen LogP contribution in [0.15, 0.2) is 0 Å². The van der Waals surface area contributed by atoms with Gasteiger partial charge in [-0.2, -0.15) is 9.97 Å². The molecule has 2 rings (SSSR count). The fourth-order valence-corrected chi connectivity index (χ4v) is 2.53. The molecule has 0 spiro atoms. The number of rotatable bonds is 5. The van der Waals surface area contributed by atoms with Crippen LogP contribution in [0.5, 0.6) is 12.0 Å². The van der Waals surface area contributed by atoms with Crippen LogP contribution >= 0.6 is 0 Å². The van der Waals surface area contributed by atoms with Crippen molar-refractivity contribution in [1.29, 1.82) is 0 Å². The quantitative estimate of drug-likeness (QED) is 0.881. The summed E-state index contributed by atoms with van der Waals surface area (Å²) in [6.45, 7) is 2.21. The fraction of sp³-hybridized carbons (Fsp3) is 0.769. The molecule has 1 fully saturated rings. The van der Waals surface area contributed by atoms with Gasteiger partial charge >= 0.3 is 12.0 Å². The summed E-state index contributed by atoms with van der Waals surface area (Å²) in [6, 6.07) is 0.625. The minimum Gasteiger partial charge on any atom is -0.467 e. The summed E-state index contributed by atoms with van der Waals surface area (Å²) in [5.74, 6) is 1.06. The summed E-state index contributed by atoms with van der Waals surface area (Å²) in [5.41, 5.74) is 0. The minimum atomic E-state index is 0.204. The van der Waals surface area contributed by atoms with Crippen molar-refractivity contribution in [3.63, 3.8) is 0 Å². The Kier molecular flexibility index (Phi) is 4.76. The van der Waals surface area contributed by atoms with E-state index in [2.05, 4.69) is 27.2 Å². The maximum atomic E-state index is 5.96. The first-order chi connectivity index (χ1) is 9.26. The summed E-state index contributed by atoms with van der Waals surface area (Å²) in [6.07, 6.45) is 6.13. The lowest BCUT2D eigenvalue weighted by Gasteiger charge is -2.30. The Morgan fingerprint density at radius 1 is 1.16 bits per heavy atom. The first kappa shape index (κ1) is 13.8. The topological polar surface area (TPSA) is 69.2 Å². The van der Waals surface area contributed by atoms with Gasteiger partial charge in [-0.05, 0) is 31.6 Å². The number of aromatic nitrogens is 3. The number of nitrogens with one attached hydrogen (secondary N) is 1. The van der Waals surface area contributed by atoms with E-state index >= 15 is 0 Å². The van der Waals surface area contributed by atoms with Crippen LogP contribution in [-0.4, -0.2) is 35.2 Å². The van der Waals surface area contributed by atoms with Gasteiger partial charge < -0.3 is 14.8 Å². The van der Waals surface area contributed by atoms with E-state index in [9.17, 15) is 0 Å². The zero-order chi connectivity index (χ0) is 13.7. The monoisotopic (exact) mass is 266 g/mol. The van der Waals surface area contributed by atoms with Crippen molar-refractivity contribution in [3.05, 3.63) is 0 Å². The molecule has 1 saturated carbocycles. The molecule has 6 nitrogen and oxygen atoms in total. The Hall–Kier alpha value is -1.59. The molecule has 19 heavy (non-hydrogen) atoms. The van der Waals surface area contributed by atoms with Gasteiger partial charge in [-0.15, -0.1) is 4.98 Å². The summed E-state index contributed by atoms with van der Waals surface area (Å²) < 4.78 is 11.0. The number of nitrogens with zero attached hydrogens (tertiary/aromatic N) is 3. The van der Waals surface area contributed by atoms with Gasteiger partial charge in [-0.1, -0.05) is 13.3 Å². The molecule has 6 heteroatoms. The van der Waals surface area contributed by atoms with Crippen molar-refractivity contribution in [1.82, 2.24) is 15.0 Å². The number of ether oxygens (including phenoxy) is 2. The molecule has 0 amide bonds. The van der Waals surface area contributed by atoms with E-state index in [-0.39, 0.29) is 12.1 Å². The molecule has 106 valence electrons. The molecule has 2 atom stereocenters. The molecule has 0 saturated heterocycles. The van der Waals surface area contributed by atoms with Gasteiger partial charge in [0, 0.05) is 7.05 Å². The van der Waals surface area contributed by atoms with E-state index in [4.69, 9.17) is 9.47 Å². The highest BCUT2D eigenvalue weighted by Gasteiger charge is 2.26. The lowest BCUT2D eigenvalue weighted by Crippen LogP contribution is -2.30. The largest absolute Gasteiger partial charge is 0.467 e. The van der Waals surface area contributed by atoms with E-state index in [0.29, 0.717) is 17.9 Å². The SMILES string of the molecule is CCC1CCCCC1Oc1nc(NC)nc(OC)n1. The number of anilines is 1. The lowest BCUT2D eigenvalue weighted by molar-refractivity contribution is 0.0799. The van der Waals surface area contributed by atoms with Gasteiger partial charge in [0.05, 0.1) is 7.11 Å². The maximum Gasteiger partial charge on any atom is 0.324 e. The molecule has 1 aromatic rings. The third-order valence-corrected chi connectivity index (χ3v) is 3.62. The summed E-state index contributed by atoms with van der Waals surface area (Å²) in [4.78, 5) is 12.5. The molecule has 1 aromatic heterocycles. The Morgan fingerprint density at radius 2 is 1.89 bits per heavy atom. The van der Waals surface area contributed by atoms with Crippen LogP contribution in [-0.2, 0) is 0 Å². The molecule has 1 aliphatic carbocycles. The summed E-state index contributed by atoms with van der Waals surface area (Å²) >= 11 is 0. The first-order valence-corrected chi connectivity index (χ1v) is 6.91. The summed E-state index contributed by atoms with van der Waals surface area (Å²) in [7, 11) is 3.29. The number of methoxy groups -OCH3 is 1. The maximum absolute atomic E-state index is 5.96. The average Bonchev–Trinajstić information content (AvgIpc) is 2.47. The van der Waals surface area contributed by atoms with Gasteiger partial charge in [0.15, 0.2) is 0 Å². The highest BCUT2D eigenvalue weighted by molar-refractivity contribution is 5.26. The van der Waals surface area contributed by atoms with E-state index < -0.39 is 0 Å². The molecule has 0 radical (unpaired) electrons. The Labute approximate surface area is 114 Å². The van der Waals surface area contributed by atoms with Gasteiger partial charge in [0.2, 0.25) is 5.95 Å². The predicted octanol–water partition coefficient (Wildman–Crippen LogP) is 2.27. The smallest absolute Gasteiger partial charge is 0.324 e. The van der Waals surface area contributed by atoms with E-state index in [1.165, 1.54) is 26.4 Å². The van der Waals surface area contributed by atoms with Crippen LogP contribution < -0.4 is 14.8 Å². The second-order valence-corrected chi connectivity index (χ2v) is 4.79. The van der Waals surface area contributed by atoms with Gasteiger partial charge in [0.25, 0.3) is 0 Å². The van der Waals surface area contributed by atoms with Crippen molar-refractivity contribution in [3.8, 4) is 12.0 Å². The fourth-order valence-electron chi connectivity index (χ4n) is 2.53. The zero-order valence-corrected chi connectivity index (χ0v) is 11.8. The molecule has 1 heterocycles. The highest BCUT2D eigenvalue weighted by atomic mass is 16.5.